The van der Waals surface area contributed by atoms with Crippen molar-refractivity contribution in [2.45, 2.75) is 13.0 Å². The minimum Gasteiger partial charge on any atom is -0.497 e. The molecule has 5 nitrogen and oxygen atoms in total. The average molecular weight is 279 g/mol. The summed E-state index contributed by atoms with van der Waals surface area (Å²) in [4.78, 5) is 1.06. The molecule has 0 spiro atoms. The lowest BCUT2D eigenvalue weighted by molar-refractivity contribution is 0.388. The van der Waals surface area contributed by atoms with Crippen molar-refractivity contribution >= 4 is 11.5 Å². The second-order valence-electron chi connectivity index (χ2n) is 3.92. The first-order valence-electron chi connectivity index (χ1n) is 6.02. The van der Waals surface area contributed by atoms with E-state index < -0.39 is 0 Å². The van der Waals surface area contributed by atoms with Crippen LogP contribution in [0.15, 0.2) is 24.4 Å². The van der Waals surface area contributed by atoms with E-state index in [-0.39, 0.29) is 6.04 Å². The number of hydrogen-bond donors (Lipinski definition) is 1. The molecule has 0 fully saturated rings. The van der Waals surface area contributed by atoms with Crippen molar-refractivity contribution in [1.82, 2.24) is 14.9 Å². The van der Waals surface area contributed by atoms with E-state index in [4.69, 9.17) is 9.47 Å². The quantitative estimate of drug-likeness (QED) is 0.879. The minimum absolute atomic E-state index is 0.0332. The highest BCUT2D eigenvalue weighted by molar-refractivity contribution is 7.05. The molecule has 2 aromatic rings. The summed E-state index contributed by atoms with van der Waals surface area (Å²) in [6.07, 6.45) is 1.78. The Kier molecular flexibility index (Phi) is 4.70. The summed E-state index contributed by atoms with van der Waals surface area (Å²) < 4.78 is 14.6. The van der Waals surface area contributed by atoms with Crippen LogP contribution in [0.5, 0.6) is 11.5 Å². The van der Waals surface area contributed by atoms with Gasteiger partial charge in [0.15, 0.2) is 0 Å². The van der Waals surface area contributed by atoms with E-state index in [1.807, 2.05) is 18.2 Å². The Bertz CT molecular complexity index is 517. The molecule has 2 rings (SSSR count). The predicted molar refractivity (Wildman–Crippen MR) is 75.0 cm³/mol. The van der Waals surface area contributed by atoms with Gasteiger partial charge in [0.2, 0.25) is 0 Å². The number of nitrogens with zero attached hydrogens (tertiary/aromatic N) is 2. The molecule has 0 bridgehead atoms. The molecule has 0 radical (unpaired) electrons. The van der Waals surface area contributed by atoms with Crippen molar-refractivity contribution in [3.05, 3.63) is 34.8 Å². The normalized spacial score (nSPS) is 12.2. The van der Waals surface area contributed by atoms with Crippen molar-refractivity contribution < 1.29 is 9.47 Å². The number of benzene rings is 1. The molecule has 0 aliphatic carbocycles. The molecular formula is C13H17N3O2S. The standard InChI is InChI=1S/C13H17N3O2S/c1-4-14-13(12-8-15-16-19-12)10-6-5-9(17-2)7-11(10)18-3/h5-8,13-14H,4H2,1-3H3. The molecule has 102 valence electrons. The van der Waals surface area contributed by atoms with Crippen molar-refractivity contribution in [2.75, 3.05) is 20.8 Å². The molecule has 1 N–H and O–H groups in total. The van der Waals surface area contributed by atoms with Gasteiger partial charge in [-0.05, 0) is 30.2 Å². The molecular weight excluding hydrogens is 262 g/mol. The maximum absolute atomic E-state index is 5.46. The number of aromatic nitrogens is 2. The van der Waals surface area contributed by atoms with Crippen LogP contribution in [0.2, 0.25) is 0 Å². The van der Waals surface area contributed by atoms with Gasteiger partial charge in [0.1, 0.15) is 11.5 Å². The van der Waals surface area contributed by atoms with Gasteiger partial charge in [-0.3, -0.25) is 0 Å². The highest BCUT2D eigenvalue weighted by atomic mass is 32.1. The largest absolute Gasteiger partial charge is 0.497 e. The summed E-state index contributed by atoms with van der Waals surface area (Å²) in [5.74, 6) is 1.57. The van der Waals surface area contributed by atoms with Gasteiger partial charge in [-0.25, -0.2) is 0 Å². The second-order valence-corrected chi connectivity index (χ2v) is 4.74. The number of hydrogen-bond acceptors (Lipinski definition) is 6. The lowest BCUT2D eigenvalue weighted by Gasteiger charge is -2.19. The van der Waals surface area contributed by atoms with Crippen LogP contribution in [0.3, 0.4) is 0 Å². The van der Waals surface area contributed by atoms with Crippen LogP contribution in [0.4, 0.5) is 0 Å². The molecule has 1 unspecified atom stereocenters. The Morgan fingerprint density at radius 2 is 2.16 bits per heavy atom. The van der Waals surface area contributed by atoms with Crippen molar-refractivity contribution in [2.24, 2.45) is 0 Å². The summed E-state index contributed by atoms with van der Waals surface area (Å²) in [6, 6.07) is 5.85. The van der Waals surface area contributed by atoms with Gasteiger partial charge in [0, 0.05) is 11.6 Å². The van der Waals surface area contributed by atoms with E-state index >= 15 is 0 Å². The van der Waals surface area contributed by atoms with Gasteiger partial charge in [-0.2, -0.15) is 0 Å². The van der Waals surface area contributed by atoms with Crippen LogP contribution in [-0.4, -0.2) is 30.4 Å². The van der Waals surface area contributed by atoms with Crippen LogP contribution in [0.25, 0.3) is 0 Å². The molecule has 19 heavy (non-hydrogen) atoms. The number of ether oxygens (including phenoxy) is 2. The zero-order valence-electron chi connectivity index (χ0n) is 11.2. The minimum atomic E-state index is 0.0332. The van der Waals surface area contributed by atoms with E-state index in [0.29, 0.717) is 0 Å². The van der Waals surface area contributed by atoms with Gasteiger partial charge in [-0.15, -0.1) is 5.10 Å². The Balaban J connectivity index is 2.41. The SMILES string of the molecule is CCNC(c1cnns1)c1ccc(OC)cc1OC. The first-order chi connectivity index (χ1) is 9.30. The molecule has 0 saturated heterocycles. The van der Waals surface area contributed by atoms with Crippen LogP contribution >= 0.6 is 11.5 Å². The van der Waals surface area contributed by atoms with E-state index in [1.165, 1.54) is 11.5 Å². The summed E-state index contributed by atoms with van der Waals surface area (Å²) in [7, 11) is 3.30. The van der Waals surface area contributed by atoms with Crippen LogP contribution in [-0.2, 0) is 0 Å². The molecule has 0 saturated carbocycles. The number of nitrogens with one attached hydrogen (secondary N) is 1. The second kappa shape index (κ2) is 6.49. The third-order valence-electron chi connectivity index (χ3n) is 2.82. The fourth-order valence-corrected chi connectivity index (χ4v) is 2.53. The monoisotopic (exact) mass is 279 g/mol. The summed E-state index contributed by atoms with van der Waals surface area (Å²) in [6.45, 7) is 2.91. The molecule has 1 aromatic heterocycles. The maximum Gasteiger partial charge on any atom is 0.127 e. The average Bonchev–Trinajstić information content (AvgIpc) is 2.98. The third-order valence-corrected chi connectivity index (χ3v) is 3.55. The van der Waals surface area contributed by atoms with Gasteiger partial charge in [0.25, 0.3) is 0 Å². The fraction of sp³-hybridized carbons (Fsp3) is 0.385. The Hall–Kier alpha value is -1.66. The zero-order chi connectivity index (χ0) is 13.7. The number of rotatable bonds is 6. The molecule has 6 heteroatoms. The Morgan fingerprint density at radius 1 is 1.32 bits per heavy atom. The van der Waals surface area contributed by atoms with E-state index in [0.717, 1.165) is 28.5 Å². The molecule has 0 aliphatic rings. The third kappa shape index (κ3) is 3.02. The highest BCUT2D eigenvalue weighted by Crippen LogP contribution is 2.33. The maximum atomic E-state index is 5.46. The molecule has 1 heterocycles. The topological polar surface area (TPSA) is 56.3 Å². The smallest absolute Gasteiger partial charge is 0.127 e. The van der Waals surface area contributed by atoms with Gasteiger partial charge in [-0.1, -0.05) is 11.4 Å². The Labute approximate surface area is 116 Å². The van der Waals surface area contributed by atoms with Crippen molar-refractivity contribution in [3.8, 4) is 11.5 Å². The lowest BCUT2D eigenvalue weighted by atomic mass is 10.0. The molecule has 0 aliphatic heterocycles. The first-order valence-corrected chi connectivity index (χ1v) is 6.80. The lowest BCUT2D eigenvalue weighted by Crippen LogP contribution is -2.21. The molecule has 1 aromatic carbocycles. The fourth-order valence-electron chi connectivity index (χ4n) is 1.93. The van der Waals surface area contributed by atoms with Gasteiger partial charge >= 0.3 is 0 Å². The van der Waals surface area contributed by atoms with Crippen LogP contribution in [0, 0.1) is 0 Å². The van der Waals surface area contributed by atoms with Crippen molar-refractivity contribution in [3.63, 3.8) is 0 Å². The van der Waals surface area contributed by atoms with E-state index in [9.17, 15) is 0 Å². The first kappa shape index (κ1) is 13.8. The number of methoxy groups -OCH3 is 2. The molecule has 1 atom stereocenters. The van der Waals surface area contributed by atoms with E-state index in [1.54, 1.807) is 20.4 Å². The summed E-state index contributed by atoms with van der Waals surface area (Å²) >= 11 is 1.38. The Morgan fingerprint density at radius 3 is 2.74 bits per heavy atom. The zero-order valence-corrected chi connectivity index (χ0v) is 12.0. The van der Waals surface area contributed by atoms with Crippen LogP contribution < -0.4 is 14.8 Å². The van der Waals surface area contributed by atoms with Crippen LogP contribution in [0.1, 0.15) is 23.4 Å². The summed E-state index contributed by atoms with van der Waals surface area (Å²) in [5.41, 5.74) is 1.05. The van der Waals surface area contributed by atoms with Crippen molar-refractivity contribution in [1.29, 1.82) is 0 Å². The van der Waals surface area contributed by atoms with Gasteiger partial charge < -0.3 is 14.8 Å². The predicted octanol–water partition coefficient (Wildman–Crippen LogP) is 2.25. The highest BCUT2D eigenvalue weighted by Gasteiger charge is 2.19. The molecule has 0 amide bonds. The van der Waals surface area contributed by atoms with E-state index in [2.05, 4.69) is 21.8 Å². The summed E-state index contributed by atoms with van der Waals surface area (Å²) in [5, 5.41) is 7.33. The van der Waals surface area contributed by atoms with Gasteiger partial charge in [0.05, 0.1) is 31.3 Å².